The van der Waals surface area contributed by atoms with Gasteiger partial charge in [-0.3, -0.25) is 4.79 Å². The van der Waals surface area contributed by atoms with Gasteiger partial charge in [-0.25, -0.2) is 9.18 Å². The molecule has 0 aliphatic heterocycles. The maximum absolute atomic E-state index is 13.2. The van der Waals surface area contributed by atoms with E-state index >= 15 is 0 Å². The van der Waals surface area contributed by atoms with Crippen LogP contribution in [0.15, 0.2) is 34.7 Å². The summed E-state index contributed by atoms with van der Waals surface area (Å²) in [6.07, 6.45) is 1.21. The average Bonchev–Trinajstić information content (AvgIpc) is 2.92. The molecule has 5 nitrogen and oxygen atoms in total. The van der Waals surface area contributed by atoms with Crippen LogP contribution in [0.25, 0.3) is 0 Å². The second-order valence-electron chi connectivity index (χ2n) is 6.25. The van der Waals surface area contributed by atoms with Gasteiger partial charge < -0.3 is 14.4 Å². The number of furan rings is 1. The Bertz CT molecular complexity index is 769. The molecule has 0 aliphatic rings. The van der Waals surface area contributed by atoms with Crippen molar-refractivity contribution in [3.63, 3.8) is 0 Å². The van der Waals surface area contributed by atoms with E-state index in [2.05, 4.69) is 0 Å². The van der Waals surface area contributed by atoms with Gasteiger partial charge >= 0.3 is 5.97 Å². The molecule has 0 bridgehead atoms. The number of carboxylic acid groups (broad SMARTS) is 1. The van der Waals surface area contributed by atoms with Crippen molar-refractivity contribution < 1.29 is 23.5 Å². The van der Waals surface area contributed by atoms with Crippen molar-refractivity contribution >= 4 is 11.9 Å². The largest absolute Gasteiger partial charge is 0.478 e. The van der Waals surface area contributed by atoms with Crippen molar-refractivity contribution in [2.75, 3.05) is 7.05 Å². The number of carboxylic acids is 1. The lowest BCUT2D eigenvalue weighted by atomic mass is 10.00. The molecule has 1 aromatic carbocycles. The maximum atomic E-state index is 13.2. The van der Waals surface area contributed by atoms with E-state index in [-0.39, 0.29) is 29.8 Å². The molecule has 1 aromatic heterocycles. The lowest BCUT2D eigenvalue weighted by molar-refractivity contribution is -0.134. The van der Waals surface area contributed by atoms with Crippen molar-refractivity contribution in [3.8, 4) is 0 Å². The molecular weight excluding hydrogens is 325 g/mol. The van der Waals surface area contributed by atoms with Crippen molar-refractivity contribution in [3.05, 3.63) is 58.8 Å². The molecule has 6 heteroatoms. The molecule has 1 unspecified atom stereocenters. The number of nitrogens with zero attached hydrogens (tertiary/aromatic N) is 1. The van der Waals surface area contributed by atoms with E-state index in [0.717, 1.165) is 5.56 Å². The fourth-order valence-electron chi connectivity index (χ4n) is 2.72. The summed E-state index contributed by atoms with van der Waals surface area (Å²) in [6, 6.07) is 7.80. The number of benzene rings is 1. The number of aromatic carboxylic acids is 1. The Kier molecular flexibility index (Phi) is 5.96. The van der Waals surface area contributed by atoms with Crippen LogP contribution in [0.2, 0.25) is 0 Å². The molecule has 2 rings (SSSR count). The van der Waals surface area contributed by atoms with Crippen LogP contribution in [0.4, 0.5) is 4.39 Å². The van der Waals surface area contributed by atoms with Gasteiger partial charge in [-0.05, 0) is 43.5 Å². The summed E-state index contributed by atoms with van der Waals surface area (Å²) in [5.41, 5.74) is 0.963. The Morgan fingerprint density at radius 1 is 1.32 bits per heavy atom. The standard InChI is InChI=1S/C19H22FNO4/c1-12(7-8-14-5-4-6-15(20)9-14)18(22)21(3)11-16-10-17(19(23)24)13(2)25-16/h4-6,9-10,12H,7-8,11H2,1-3H3,(H,23,24). The van der Waals surface area contributed by atoms with Crippen molar-refractivity contribution in [2.45, 2.75) is 33.2 Å². The van der Waals surface area contributed by atoms with Gasteiger partial charge in [-0.2, -0.15) is 0 Å². The maximum Gasteiger partial charge on any atom is 0.339 e. The zero-order valence-electron chi connectivity index (χ0n) is 14.6. The summed E-state index contributed by atoms with van der Waals surface area (Å²) < 4.78 is 18.6. The lowest BCUT2D eigenvalue weighted by Gasteiger charge is -2.20. The van der Waals surface area contributed by atoms with E-state index < -0.39 is 5.97 Å². The molecule has 1 N–H and O–H groups in total. The Balaban J connectivity index is 1.92. The monoisotopic (exact) mass is 347 g/mol. The van der Waals surface area contributed by atoms with Gasteiger partial charge in [-0.1, -0.05) is 19.1 Å². The van der Waals surface area contributed by atoms with Crippen LogP contribution >= 0.6 is 0 Å². The highest BCUT2D eigenvalue weighted by Crippen LogP contribution is 2.18. The number of carbonyl (C=O) groups excluding carboxylic acids is 1. The minimum atomic E-state index is -1.05. The van der Waals surface area contributed by atoms with Crippen LogP contribution in [-0.4, -0.2) is 28.9 Å². The van der Waals surface area contributed by atoms with Crippen molar-refractivity contribution in [1.82, 2.24) is 4.90 Å². The highest BCUT2D eigenvalue weighted by Gasteiger charge is 2.20. The van der Waals surface area contributed by atoms with Crippen LogP contribution < -0.4 is 0 Å². The molecule has 1 amide bonds. The van der Waals surface area contributed by atoms with Gasteiger partial charge in [0.15, 0.2) is 0 Å². The van der Waals surface area contributed by atoms with Crippen LogP contribution in [0.5, 0.6) is 0 Å². The first-order valence-electron chi connectivity index (χ1n) is 8.10. The average molecular weight is 347 g/mol. The highest BCUT2D eigenvalue weighted by atomic mass is 19.1. The first-order valence-corrected chi connectivity index (χ1v) is 8.10. The normalized spacial score (nSPS) is 12.0. The molecule has 0 fully saturated rings. The van der Waals surface area contributed by atoms with E-state index in [4.69, 9.17) is 9.52 Å². The fourth-order valence-corrected chi connectivity index (χ4v) is 2.72. The first kappa shape index (κ1) is 18.7. The second kappa shape index (κ2) is 7.96. The SMILES string of the molecule is Cc1oc(CN(C)C(=O)C(C)CCc2cccc(F)c2)cc1C(=O)O. The molecule has 2 aromatic rings. The van der Waals surface area contributed by atoms with E-state index in [1.807, 2.05) is 13.0 Å². The summed E-state index contributed by atoms with van der Waals surface area (Å²) in [5.74, 6) is -0.878. The van der Waals surface area contributed by atoms with Gasteiger partial charge in [0, 0.05) is 13.0 Å². The van der Waals surface area contributed by atoms with Gasteiger partial charge in [-0.15, -0.1) is 0 Å². The first-order chi connectivity index (χ1) is 11.8. The van der Waals surface area contributed by atoms with E-state index in [1.165, 1.54) is 23.1 Å². The van der Waals surface area contributed by atoms with Crippen LogP contribution in [-0.2, 0) is 17.8 Å². The number of carbonyl (C=O) groups is 2. The zero-order chi connectivity index (χ0) is 18.6. The van der Waals surface area contributed by atoms with Gasteiger partial charge in [0.2, 0.25) is 5.91 Å². The van der Waals surface area contributed by atoms with Crippen LogP contribution in [0.1, 0.15) is 40.8 Å². The third-order valence-electron chi connectivity index (χ3n) is 4.15. The second-order valence-corrected chi connectivity index (χ2v) is 6.25. The van der Waals surface area contributed by atoms with Crippen molar-refractivity contribution in [2.24, 2.45) is 5.92 Å². The molecule has 0 spiro atoms. The molecular formula is C19H22FNO4. The molecule has 0 saturated carbocycles. The summed E-state index contributed by atoms with van der Waals surface area (Å²) in [4.78, 5) is 25.0. The van der Waals surface area contributed by atoms with Gasteiger partial charge in [0.1, 0.15) is 22.9 Å². The van der Waals surface area contributed by atoms with E-state index in [0.29, 0.717) is 24.4 Å². The quantitative estimate of drug-likeness (QED) is 0.830. The summed E-state index contributed by atoms with van der Waals surface area (Å²) in [5, 5.41) is 9.04. The molecule has 1 atom stereocenters. The molecule has 0 saturated heterocycles. The van der Waals surface area contributed by atoms with Crippen LogP contribution in [0, 0.1) is 18.7 Å². The highest BCUT2D eigenvalue weighted by molar-refractivity contribution is 5.88. The summed E-state index contributed by atoms with van der Waals surface area (Å²) in [7, 11) is 1.65. The lowest BCUT2D eigenvalue weighted by Crippen LogP contribution is -2.31. The minimum Gasteiger partial charge on any atom is -0.478 e. The third-order valence-corrected chi connectivity index (χ3v) is 4.15. The fraction of sp³-hybridized carbons (Fsp3) is 0.368. The molecule has 25 heavy (non-hydrogen) atoms. The molecule has 1 heterocycles. The molecule has 134 valence electrons. The Morgan fingerprint density at radius 3 is 2.64 bits per heavy atom. The minimum absolute atomic E-state index is 0.0673. The zero-order valence-corrected chi connectivity index (χ0v) is 14.6. The summed E-state index contributed by atoms with van der Waals surface area (Å²) in [6.45, 7) is 3.61. The number of hydrogen-bond acceptors (Lipinski definition) is 3. The Labute approximate surface area is 146 Å². The summed E-state index contributed by atoms with van der Waals surface area (Å²) >= 11 is 0. The number of hydrogen-bond donors (Lipinski definition) is 1. The van der Waals surface area contributed by atoms with Gasteiger partial charge in [0.05, 0.1) is 6.54 Å². The number of rotatable bonds is 7. The van der Waals surface area contributed by atoms with Crippen molar-refractivity contribution in [1.29, 1.82) is 0 Å². The molecule has 0 radical (unpaired) electrons. The number of amides is 1. The van der Waals surface area contributed by atoms with Gasteiger partial charge in [0.25, 0.3) is 0 Å². The third kappa shape index (κ3) is 4.92. The topological polar surface area (TPSA) is 70.8 Å². The van der Waals surface area contributed by atoms with E-state index in [9.17, 15) is 14.0 Å². The van der Waals surface area contributed by atoms with Crippen LogP contribution in [0.3, 0.4) is 0 Å². The Morgan fingerprint density at radius 2 is 2.04 bits per heavy atom. The predicted octanol–water partition coefficient (Wildman–Crippen LogP) is 3.65. The molecule has 0 aliphatic carbocycles. The predicted molar refractivity (Wildman–Crippen MR) is 90.8 cm³/mol. The number of aryl methyl sites for hydroxylation is 2. The Hall–Kier alpha value is -2.63. The van der Waals surface area contributed by atoms with E-state index in [1.54, 1.807) is 20.0 Å². The number of halogens is 1. The smallest absolute Gasteiger partial charge is 0.339 e.